The zero-order valence-corrected chi connectivity index (χ0v) is 8.87. The van der Waals surface area contributed by atoms with Gasteiger partial charge in [0.25, 0.3) is 0 Å². The van der Waals surface area contributed by atoms with Gasteiger partial charge in [0.1, 0.15) is 6.10 Å². The van der Waals surface area contributed by atoms with Gasteiger partial charge in [-0.1, -0.05) is 0 Å². The first-order valence-electron chi connectivity index (χ1n) is 5.69. The van der Waals surface area contributed by atoms with Gasteiger partial charge in [0.15, 0.2) is 0 Å². The van der Waals surface area contributed by atoms with Crippen LogP contribution in [0.2, 0.25) is 0 Å². The van der Waals surface area contributed by atoms with Crippen molar-refractivity contribution in [3.63, 3.8) is 0 Å². The topological polar surface area (TPSA) is 64.3 Å². The lowest BCUT2D eigenvalue weighted by Gasteiger charge is -2.15. The van der Waals surface area contributed by atoms with E-state index < -0.39 is 6.09 Å². The molecule has 2 aliphatic carbocycles. The summed E-state index contributed by atoms with van der Waals surface area (Å²) in [6.45, 7) is 0. The van der Waals surface area contributed by atoms with Gasteiger partial charge in [0, 0.05) is 12.3 Å². The molecule has 1 heterocycles. The normalized spacial score (nSPS) is 20.1. The van der Waals surface area contributed by atoms with E-state index in [0.29, 0.717) is 17.7 Å². The fourth-order valence-corrected chi connectivity index (χ4v) is 2.04. The van der Waals surface area contributed by atoms with Crippen LogP contribution in [0.15, 0.2) is 12.3 Å². The number of ether oxygens (including phenoxy) is 1. The molecule has 1 N–H and O–H groups in total. The number of aromatic nitrogens is 2. The number of nitrogens with zero attached hydrogens (tertiary/aromatic N) is 2. The third kappa shape index (κ3) is 1.89. The van der Waals surface area contributed by atoms with Gasteiger partial charge in [0.05, 0.1) is 0 Å². The van der Waals surface area contributed by atoms with Crippen LogP contribution in [-0.4, -0.2) is 27.1 Å². The maximum atomic E-state index is 10.6. The second kappa shape index (κ2) is 3.50. The lowest BCUT2D eigenvalue weighted by molar-refractivity contribution is 0.145. The number of carbonyl (C=O) groups is 1. The van der Waals surface area contributed by atoms with Gasteiger partial charge >= 0.3 is 6.09 Å². The third-order valence-electron chi connectivity index (χ3n) is 3.19. The lowest BCUT2D eigenvalue weighted by atomic mass is 10.1. The average Bonchev–Trinajstić information content (AvgIpc) is 3.15. The summed E-state index contributed by atoms with van der Waals surface area (Å²) in [5, 5.41) is 12.6. The SMILES string of the molecule is O=C(O)n1ccc(OC(C2CC2)C2CC2)n1. The second-order valence-corrected chi connectivity index (χ2v) is 4.64. The van der Waals surface area contributed by atoms with Crippen LogP contribution in [0, 0.1) is 11.8 Å². The van der Waals surface area contributed by atoms with Crippen LogP contribution in [0.1, 0.15) is 25.7 Å². The lowest BCUT2D eigenvalue weighted by Crippen LogP contribution is -2.22. The Labute approximate surface area is 93.0 Å². The molecule has 2 fully saturated rings. The maximum absolute atomic E-state index is 10.6. The highest BCUT2D eigenvalue weighted by molar-refractivity contribution is 5.66. The molecule has 0 saturated heterocycles. The molecule has 0 aromatic carbocycles. The van der Waals surface area contributed by atoms with Gasteiger partial charge in [0.2, 0.25) is 5.88 Å². The summed E-state index contributed by atoms with van der Waals surface area (Å²) in [4.78, 5) is 10.6. The Hall–Kier alpha value is -1.52. The van der Waals surface area contributed by atoms with E-state index in [2.05, 4.69) is 5.10 Å². The molecule has 1 aromatic rings. The minimum absolute atomic E-state index is 0.261. The summed E-state index contributed by atoms with van der Waals surface area (Å²) in [7, 11) is 0. The Bertz CT molecular complexity index is 395. The molecule has 0 aliphatic heterocycles. The van der Waals surface area contributed by atoms with E-state index in [9.17, 15) is 4.79 Å². The predicted octanol–water partition coefficient (Wildman–Crippen LogP) is 1.98. The van der Waals surface area contributed by atoms with Crippen LogP contribution < -0.4 is 4.74 Å². The standard InChI is InChI=1S/C11H14N2O3/c14-11(15)13-6-5-9(12-13)16-10(7-1-2-7)8-3-4-8/h5-8,10H,1-4H2,(H,14,15). The minimum atomic E-state index is -1.08. The van der Waals surface area contributed by atoms with E-state index in [1.807, 2.05) is 0 Å². The summed E-state index contributed by atoms with van der Waals surface area (Å²) in [6.07, 6.45) is 5.54. The van der Waals surface area contributed by atoms with Gasteiger partial charge in [-0.3, -0.25) is 0 Å². The number of carboxylic acid groups (broad SMARTS) is 1. The van der Waals surface area contributed by atoms with Gasteiger partial charge in [-0.15, -0.1) is 5.10 Å². The Morgan fingerprint density at radius 1 is 1.44 bits per heavy atom. The van der Waals surface area contributed by atoms with Gasteiger partial charge < -0.3 is 9.84 Å². The van der Waals surface area contributed by atoms with Crippen molar-refractivity contribution in [2.75, 3.05) is 0 Å². The summed E-state index contributed by atoms with van der Waals surface area (Å²) in [6, 6.07) is 1.62. The van der Waals surface area contributed by atoms with Crippen molar-refractivity contribution in [2.24, 2.45) is 11.8 Å². The second-order valence-electron chi connectivity index (χ2n) is 4.64. The number of rotatable bonds is 4. The minimum Gasteiger partial charge on any atom is -0.473 e. The van der Waals surface area contributed by atoms with E-state index in [1.165, 1.54) is 31.9 Å². The fourth-order valence-electron chi connectivity index (χ4n) is 2.04. The zero-order valence-electron chi connectivity index (χ0n) is 8.87. The molecule has 0 amide bonds. The molecule has 0 atom stereocenters. The Morgan fingerprint density at radius 2 is 2.06 bits per heavy atom. The molecule has 16 heavy (non-hydrogen) atoms. The first kappa shape index (κ1) is 9.69. The zero-order chi connectivity index (χ0) is 11.1. The highest BCUT2D eigenvalue weighted by Crippen LogP contribution is 2.46. The molecule has 5 heteroatoms. The smallest absolute Gasteiger partial charge is 0.432 e. The van der Waals surface area contributed by atoms with Crippen molar-refractivity contribution in [3.8, 4) is 5.88 Å². The maximum Gasteiger partial charge on any atom is 0.432 e. The Morgan fingerprint density at radius 3 is 2.50 bits per heavy atom. The summed E-state index contributed by atoms with van der Waals surface area (Å²) >= 11 is 0. The molecule has 0 unspecified atom stereocenters. The Kier molecular flexibility index (Phi) is 2.12. The first-order valence-corrected chi connectivity index (χ1v) is 5.69. The number of hydrogen-bond acceptors (Lipinski definition) is 3. The molecule has 2 saturated carbocycles. The molecule has 0 spiro atoms. The highest BCUT2D eigenvalue weighted by atomic mass is 16.5. The molecule has 2 aliphatic rings. The van der Waals surface area contributed by atoms with Crippen LogP contribution in [0.4, 0.5) is 4.79 Å². The molecular weight excluding hydrogens is 208 g/mol. The van der Waals surface area contributed by atoms with Crippen molar-refractivity contribution in [2.45, 2.75) is 31.8 Å². The van der Waals surface area contributed by atoms with Crippen molar-refractivity contribution in [3.05, 3.63) is 12.3 Å². The third-order valence-corrected chi connectivity index (χ3v) is 3.19. The van der Waals surface area contributed by atoms with Crippen LogP contribution in [-0.2, 0) is 0 Å². The van der Waals surface area contributed by atoms with Crippen LogP contribution in [0.25, 0.3) is 0 Å². The molecule has 3 rings (SSSR count). The van der Waals surface area contributed by atoms with Crippen molar-refractivity contribution >= 4 is 6.09 Å². The number of hydrogen-bond donors (Lipinski definition) is 1. The largest absolute Gasteiger partial charge is 0.473 e. The van der Waals surface area contributed by atoms with Crippen LogP contribution in [0.3, 0.4) is 0 Å². The highest BCUT2D eigenvalue weighted by Gasteiger charge is 2.43. The van der Waals surface area contributed by atoms with E-state index in [1.54, 1.807) is 6.07 Å². The summed E-state index contributed by atoms with van der Waals surface area (Å²) in [5.74, 6) is 1.77. The van der Waals surface area contributed by atoms with Crippen molar-refractivity contribution < 1.29 is 14.6 Å². The van der Waals surface area contributed by atoms with E-state index in [0.717, 1.165) is 4.68 Å². The van der Waals surface area contributed by atoms with Gasteiger partial charge in [-0.2, -0.15) is 4.68 Å². The fraction of sp³-hybridized carbons (Fsp3) is 0.636. The molecule has 1 aromatic heterocycles. The molecule has 5 nitrogen and oxygen atoms in total. The van der Waals surface area contributed by atoms with E-state index in [-0.39, 0.29) is 6.10 Å². The summed E-state index contributed by atoms with van der Waals surface area (Å²) < 4.78 is 6.68. The van der Waals surface area contributed by atoms with E-state index in [4.69, 9.17) is 9.84 Å². The Balaban J connectivity index is 1.69. The molecule has 0 radical (unpaired) electrons. The van der Waals surface area contributed by atoms with Gasteiger partial charge in [-0.25, -0.2) is 4.79 Å². The van der Waals surface area contributed by atoms with Gasteiger partial charge in [-0.05, 0) is 37.5 Å². The average molecular weight is 222 g/mol. The van der Waals surface area contributed by atoms with Crippen LogP contribution >= 0.6 is 0 Å². The van der Waals surface area contributed by atoms with Crippen molar-refractivity contribution in [1.82, 2.24) is 9.78 Å². The van der Waals surface area contributed by atoms with Crippen molar-refractivity contribution in [1.29, 1.82) is 0 Å². The summed E-state index contributed by atoms with van der Waals surface area (Å²) in [5.41, 5.74) is 0. The first-order chi connectivity index (χ1) is 7.74. The van der Waals surface area contributed by atoms with Crippen LogP contribution in [0.5, 0.6) is 5.88 Å². The monoisotopic (exact) mass is 222 g/mol. The quantitative estimate of drug-likeness (QED) is 0.845. The molecule has 0 bridgehead atoms. The predicted molar refractivity (Wildman–Crippen MR) is 55.5 cm³/mol. The molecule has 86 valence electrons. The molecular formula is C11H14N2O3. The van der Waals surface area contributed by atoms with E-state index >= 15 is 0 Å².